The first-order valence-corrected chi connectivity index (χ1v) is 11.2. The molecule has 2 aliphatic rings. The molecular formula is C21H42IN5O2. The number of likely N-dealkylation sites (tertiary alicyclic amines) is 1. The SMILES string of the molecule is CCNC(=NCC(C)CN1CCN(CC)CC1)N1CCCC(C(=O)OCC)C1.I. The Morgan fingerprint density at radius 1 is 1.14 bits per heavy atom. The number of likely N-dealkylation sites (N-methyl/N-ethyl adjacent to an activating group) is 1. The summed E-state index contributed by atoms with van der Waals surface area (Å²) < 4.78 is 5.23. The van der Waals surface area contributed by atoms with Crippen molar-refractivity contribution in [1.29, 1.82) is 0 Å². The number of nitrogens with zero attached hydrogens (tertiary/aromatic N) is 4. The molecule has 2 aliphatic heterocycles. The number of nitrogens with one attached hydrogen (secondary N) is 1. The molecule has 2 atom stereocenters. The Bertz CT molecular complexity index is 497. The summed E-state index contributed by atoms with van der Waals surface area (Å²) >= 11 is 0. The number of guanidine groups is 1. The average molecular weight is 524 g/mol. The van der Waals surface area contributed by atoms with E-state index in [2.05, 4.69) is 40.8 Å². The highest BCUT2D eigenvalue weighted by molar-refractivity contribution is 14.0. The van der Waals surface area contributed by atoms with Gasteiger partial charge in [-0.15, -0.1) is 24.0 Å². The molecule has 0 amide bonds. The standard InChI is InChI=1S/C21H41N5O2.HI/c1-5-22-21(26-10-8-9-19(17-26)20(27)28-7-3)23-15-18(4)16-25-13-11-24(6-2)12-14-25;/h18-19H,5-17H2,1-4H3,(H,22,23);1H. The summed E-state index contributed by atoms with van der Waals surface area (Å²) in [6.07, 6.45) is 1.92. The fourth-order valence-corrected chi connectivity index (χ4v) is 4.08. The number of carbonyl (C=O) groups is 1. The van der Waals surface area contributed by atoms with E-state index in [-0.39, 0.29) is 35.9 Å². The Labute approximate surface area is 194 Å². The van der Waals surface area contributed by atoms with Crippen molar-refractivity contribution >= 4 is 35.9 Å². The van der Waals surface area contributed by atoms with Gasteiger partial charge in [-0.3, -0.25) is 9.79 Å². The number of ether oxygens (including phenoxy) is 1. The van der Waals surface area contributed by atoms with Gasteiger partial charge >= 0.3 is 5.97 Å². The van der Waals surface area contributed by atoms with Gasteiger partial charge in [-0.1, -0.05) is 13.8 Å². The van der Waals surface area contributed by atoms with Gasteiger partial charge in [0.05, 0.1) is 12.5 Å². The van der Waals surface area contributed by atoms with Gasteiger partial charge in [-0.05, 0) is 39.2 Å². The molecule has 29 heavy (non-hydrogen) atoms. The number of aliphatic imine (C=N–C) groups is 1. The van der Waals surface area contributed by atoms with Crippen molar-refractivity contribution in [2.45, 2.75) is 40.5 Å². The number of hydrogen-bond donors (Lipinski definition) is 1. The largest absolute Gasteiger partial charge is 0.466 e. The maximum absolute atomic E-state index is 12.1. The summed E-state index contributed by atoms with van der Waals surface area (Å²) in [4.78, 5) is 24.4. The fraction of sp³-hybridized carbons (Fsp3) is 0.905. The quantitative estimate of drug-likeness (QED) is 0.228. The zero-order chi connectivity index (χ0) is 20.4. The van der Waals surface area contributed by atoms with Gasteiger partial charge in [0.15, 0.2) is 5.96 Å². The second kappa shape index (κ2) is 14.4. The highest BCUT2D eigenvalue weighted by Gasteiger charge is 2.28. The van der Waals surface area contributed by atoms with E-state index in [1.54, 1.807) is 0 Å². The number of halogens is 1. The van der Waals surface area contributed by atoms with Crippen LogP contribution in [0.3, 0.4) is 0 Å². The molecule has 2 saturated heterocycles. The minimum absolute atomic E-state index is 0. The van der Waals surface area contributed by atoms with Crippen LogP contribution in [-0.4, -0.2) is 98.7 Å². The van der Waals surface area contributed by atoms with Crippen molar-refractivity contribution in [2.24, 2.45) is 16.8 Å². The van der Waals surface area contributed by atoms with Crippen LogP contribution in [0.2, 0.25) is 0 Å². The molecule has 1 N–H and O–H groups in total. The summed E-state index contributed by atoms with van der Waals surface area (Å²) in [5, 5.41) is 3.42. The number of esters is 1. The van der Waals surface area contributed by atoms with E-state index < -0.39 is 0 Å². The first-order chi connectivity index (χ1) is 13.6. The summed E-state index contributed by atoms with van der Waals surface area (Å²) in [6, 6.07) is 0. The molecule has 0 saturated carbocycles. The monoisotopic (exact) mass is 523 g/mol. The molecule has 0 aromatic rings. The van der Waals surface area contributed by atoms with Crippen LogP contribution in [0.15, 0.2) is 4.99 Å². The first-order valence-electron chi connectivity index (χ1n) is 11.2. The summed E-state index contributed by atoms with van der Waals surface area (Å²) in [5.74, 6) is 1.36. The van der Waals surface area contributed by atoms with Crippen LogP contribution < -0.4 is 5.32 Å². The van der Waals surface area contributed by atoms with Gasteiger partial charge in [0.1, 0.15) is 0 Å². The van der Waals surface area contributed by atoms with Crippen LogP contribution in [0.5, 0.6) is 0 Å². The number of carbonyl (C=O) groups excluding carboxylic acids is 1. The number of rotatable bonds is 8. The predicted molar refractivity (Wildman–Crippen MR) is 130 cm³/mol. The van der Waals surface area contributed by atoms with E-state index >= 15 is 0 Å². The molecule has 8 heteroatoms. The normalized spacial score (nSPS) is 22.7. The van der Waals surface area contributed by atoms with Gasteiger partial charge in [0.25, 0.3) is 0 Å². The smallest absolute Gasteiger partial charge is 0.310 e. The molecule has 170 valence electrons. The summed E-state index contributed by atoms with van der Waals surface area (Å²) in [7, 11) is 0. The lowest BCUT2D eigenvalue weighted by Gasteiger charge is -2.35. The van der Waals surface area contributed by atoms with Crippen molar-refractivity contribution in [3.05, 3.63) is 0 Å². The average Bonchev–Trinajstić information content (AvgIpc) is 2.72. The Morgan fingerprint density at radius 2 is 1.83 bits per heavy atom. The van der Waals surface area contributed by atoms with E-state index in [1.807, 2.05) is 6.92 Å². The van der Waals surface area contributed by atoms with Gasteiger partial charge in [-0.25, -0.2) is 0 Å². The van der Waals surface area contributed by atoms with Gasteiger partial charge in [0, 0.05) is 58.9 Å². The Balaban J connectivity index is 0.00000420. The van der Waals surface area contributed by atoms with Crippen LogP contribution in [-0.2, 0) is 9.53 Å². The van der Waals surface area contributed by atoms with Gasteiger partial charge in [0.2, 0.25) is 0 Å². The molecule has 0 radical (unpaired) electrons. The highest BCUT2D eigenvalue weighted by atomic mass is 127. The topological polar surface area (TPSA) is 60.4 Å². The molecule has 0 spiro atoms. The van der Waals surface area contributed by atoms with Crippen molar-refractivity contribution in [2.75, 3.05) is 72.1 Å². The highest BCUT2D eigenvalue weighted by Crippen LogP contribution is 2.18. The third-order valence-electron chi connectivity index (χ3n) is 5.71. The number of hydrogen-bond acceptors (Lipinski definition) is 5. The lowest BCUT2D eigenvalue weighted by molar-refractivity contribution is -0.149. The van der Waals surface area contributed by atoms with E-state index in [0.29, 0.717) is 19.1 Å². The Hall–Kier alpha value is -0.610. The third-order valence-corrected chi connectivity index (χ3v) is 5.71. The first kappa shape index (κ1) is 26.4. The lowest BCUT2D eigenvalue weighted by Crippen LogP contribution is -2.49. The zero-order valence-electron chi connectivity index (χ0n) is 18.9. The van der Waals surface area contributed by atoms with Gasteiger partial charge in [-0.2, -0.15) is 0 Å². The Kier molecular flexibility index (Phi) is 13.1. The van der Waals surface area contributed by atoms with E-state index in [9.17, 15) is 4.79 Å². The molecule has 0 aromatic carbocycles. The maximum atomic E-state index is 12.1. The Morgan fingerprint density at radius 3 is 2.45 bits per heavy atom. The van der Waals surface area contributed by atoms with Crippen molar-refractivity contribution in [3.63, 3.8) is 0 Å². The van der Waals surface area contributed by atoms with Crippen molar-refractivity contribution in [1.82, 2.24) is 20.0 Å². The molecular weight excluding hydrogens is 481 g/mol. The van der Waals surface area contributed by atoms with Crippen LogP contribution in [0.1, 0.15) is 40.5 Å². The van der Waals surface area contributed by atoms with E-state index in [1.165, 1.54) is 13.1 Å². The molecule has 2 fully saturated rings. The second-order valence-corrected chi connectivity index (χ2v) is 8.07. The molecule has 0 aliphatic carbocycles. The summed E-state index contributed by atoms with van der Waals surface area (Å²) in [5.41, 5.74) is 0. The molecule has 0 bridgehead atoms. The van der Waals surface area contributed by atoms with E-state index in [0.717, 1.165) is 64.6 Å². The molecule has 0 aromatic heterocycles. The predicted octanol–water partition coefficient (Wildman–Crippen LogP) is 2.12. The molecule has 7 nitrogen and oxygen atoms in total. The van der Waals surface area contributed by atoms with Crippen LogP contribution >= 0.6 is 24.0 Å². The maximum Gasteiger partial charge on any atom is 0.310 e. The van der Waals surface area contributed by atoms with Gasteiger partial charge < -0.3 is 24.8 Å². The molecule has 2 unspecified atom stereocenters. The molecule has 2 rings (SSSR count). The number of piperazine rings is 1. The lowest BCUT2D eigenvalue weighted by atomic mass is 9.98. The summed E-state index contributed by atoms with van der Waals surface area (Å²) in [6.45, 7) is 19.2. The van der Waals surface area contributed by atoms with Crippen LogP contribution in [0.25, 0.3) is 0 Å². The minimum Gasteiger partial charge on any atom is -0.466 e. The van der Waals surface area contributed by atoms with Crippen LogP contribution in [0, 0.1) is 11.8 Å². The zero-order valence-corrected chi connectivity index (χ0v) is 21.2. The van der Waals surface area contributed by atoms with Crippen molar-refractivity contribution in [3.8, 4) is 0 Å². The number of piperidine rings is 1. The molecule has 2 heterocycles. The second-order valence-electron chi connectivity index (χ2n) is 8.07. The van der Waals surface area contributed by atoms with Crippen LogP contribution in [0.4, 0.5) is 0 Å². The fourth-order valence-electron chi connectivity index (χ4n) is 4.08. The van der Waals surface area contributed by atoms with E-state index in [4.69, 9.17) is 9.73 Å². The van der Waals surface area contributed by atoms with Crippen molar-refractivity contribution < 1.29 is 9.53 Å². The minimum atomic E-state index is -0.0670. The third kappa shape index (κ3) is 8.96.